The average molecular weight is 287 g/mol. The van der Waals surface area contributed by atoms with Crippen LogP contribution in [0.4, 0.5) is 0 Å². The van der Waals surface area contributed by atoms with E-state index in [1.165, 1.54) is 74.6 Å². The van der Waals surface area contributed by atoms with E-state index in [0.717, 1.165) is 0 Å². The van der Waals surface area contributed by atoms with E-state index in [9.17, 15) is 0 Å². The lowest BCUT2D eigenvalue weighted by Gasteiger charge is -2.38. The summed E-state index contributed by atoms with van der Waals surface area (Å²) in [4.78, 5) is 0. The van der Waals surface area contributed by atoms with Gasteiger partial charge in [0, 0.05) is 0 Å². The molecule has 2 rings (SSSR count). The van der Waals surface area contributed by atoms with E-state index >= 15 is 0 Å². The van der Waals surface area contributed by atoms with Crippen molar-refractivity contribution in [3.05, 3.63) is 34.4 Å². The van der Waals surface area contributed by atoms with Crippen LogP contribution in [0.25, 0.3) is 0 Å². The smallest absolute Gasteiger partial charge is 0.00466 e. The lowest BCUT2D eigenvalue weighted by molar-refractivity contribution is 0.157. The van der Waals surface area contributed by atoms with Crippen LogP contribution in [0.15, 0.2) is 12.1 Å². The number of hydrogen-bond acceptors (Lipinski definition) is 1. The van der Waals surface area contributed by atoms with Crippen LogP contribution >= 0.6 is 0 Å². The van der Waals surface area contributed by atoms with Crippen LogP contribution in [-0.4, -0.2) is 13.6 Å². The molecule has 1 aliphatic carbocycles. The molecule has 0 atom stereocenters. The highest BCUT2D eigenvalue weighted by atomic mass is 14.8. The Morgan fingerprint density at radius 2 is 1.57 bits per heavy atom. The standard InChI is InChI=1S/C20H33N/c1-16-14-17(2)19(18(3)15-16)8-11-20(12-13-21-4)9-6-5-7-10-20/h14-15,21H,5-13H2,1-4H3. The second kappa shape index (κ2) is 7.45. The van der Waals surface area contributed by atoms with Crippen molar-refractivity contribution in [2.75, 3.05) is 13.6 Å². The van der Waals surface area contributed by atoms with Crippen molar-refractivity contribution < 1.29 is 0 Å². The average Bonchev–Trinajstić information content (AvgIpc) is 2.45. The third-order valence-electron chi connectivity index (χ3n) is 5.57. The molecule has 0 radical (unpaired) electrons. The van der Waals surface area contributed by atoms with Gasteiger partial charge in [0.25, 0.3) is 0 Å². The lowest BCUT2D eigenvalue weighted by atomic mass is 9.68. The summed E-state index contributed by atoms with van der Waals surface area (Å²) in [6, 6.07) is 4.70. The number of benzene rings is 1. The molecule has 1 fully saturated rings. The molecule has 1 aliphatic rings. The highest BCUT2D eigenvalue weighted by Crippen LogP contribution is 2.43. The minimum atomic E-state index is 0.602. The van der Waals surface area contributed by atoms with Crippen LogP contribution in [0.3, 0.4) is 0 Å². The molecule has 1 saturated carbocycles. The number of nitrogens with one attached hydrogen (secondary N) is 1. The molecule has 0 saturated heterocycles. The summed E-state index contributed by atoms with van der Waals surface area (Å²) in [5.41, 5.74) is 6.59. The molecular weight excluding hydrogens is 254 g/mol. The van der Waals surface area contributed by atoms with Crippen LogP contribution < -0.4 is 5.32 Å². The monoisotopic (exact) mass is 287 g/mol. The maximum atomic E-state index is 3.37. The minimum absolute atomic E-state index is 0.602. The molecule has 0 spiro atoms. The highest BCUT2D eigenvalue weighted by Gasteiger charge is 2.31. The predicted molar refractivity (Wildman–Crippen MR) is 93.0 cm³/mol. The number of hydrogen-bond donors (Lipinski definition) is 1. The largest absolute Gasteiger partial charge is 0.320 e. The van der Waals surface area contributed by atoms with Crippen LogP contribution in [-0.2, 0) is 6.42 Å². The van der Waals surface area contributed by atoms with Crippen molar-refractivity contribution in [3.63, 3.8) is 0 Å². The summed E-state index contributed by atoms with van der Waals surface area (Å²) < 4.78 is 0. The Morgan fingerprint density at radius 3 is 2.14 bits per heavy atom. The summed E-state index contributed by atoms with van der Waals surface area (Å²) in [6.45, 7) is 7.96. The first kappa shape index (κ1) is 16.5. The molecule has 118 valence electrons. The highest BCUT2D eigenvalue weighted by molar-refractivity contribution is 5.37. The molecule has 0 unspecified atom stereocenters. The lowest BCUT2D eigenvalue weighted by Crippen LogP contribution is -2.29. The molecule has 21 heavy (non-hydrogen) atoms. The van der Waals surface area contributed by atoms with Crippen molar-refractivity contribution in [2.24, 2.45) is 5.41 Å². The molecule has 0 aliphatic heterocycles. The van der Waals surface area contributed by atoms with Gasteiger partial charge in [0.2, 0.25) is 0 Å². The molecule has 0 amide bonds. The molecule has 1 aromatic rings. The van der Waals surface area contributed by atoms with Crippen molar-refractivity contribution in [3.8, 4) is 0 Å². The van der Waals surface area contributed by atoms with Gasteiger partial charge in [-0.2, -0.15) is 0 Å². The third kappa shape index (κ3) is 4.32. The molecule has 1 heteroatoms. The third-order valence-corrected chi connectivity index (χ3v) is 5.57. The van der Waals surface area contributed by atoms with Crippen LogP contribution in [0.1, 0.15) is 67.2 Å². The van der Waals surface area contributed by atoms with E-state index in [1.807, 2.05) is 0 Å². The number of rotatable bonds is 6. The Morgan fingerprint density at radius 1 is 0.952 bits per heavy atom. The van der Waals surface area contributed by atoms with E-state index in [-0.39, 0.29) is 0 Å². The predicted octanol–water partition coefficient (Wildman–Crippen LogP) is 5.10. The zero-order valence-corrected chi connectivity index (χ0v) is 14.5. The SMILES string of the molecule is CNCCC1(CCc2c(C)cc(C)cc2C)CCCCC1. The molecule has 0 aromatic heterocycles. The van der Waals surface area contributed by atoms with Crippen molar-refractivity contribution >= 4 is 0 Å². The molecular formula is C20H33N. The Hall–Kier alpha value is -0.820. The summed E-state index contributed by atoms with van der Waals surface area (Å²) in [7, 11) is 2.09. The second-order valence-electron chi connectivity index (χ2n) is 7.29. The first-order valence-electron chi connectivity index (χ1n) is 8.78. The normalized spacial score (nSPS) is 17.9. The fraction of sp³-hybridized carbons (Fsp3) is 0.700. The van der Waals surface area contributed by atoms with Crippen LogP contribution in [0.2, 0.25) is 0 Å². The summed E-state index contributed by atoms with van der Waals surface area (Å²) in [6.07, 6.45) is 11.2. The van der Waals surface area contributed by atoms with Gasteiger partial charge < -0.3 is 5.32 Å². The van der Waals surface area contributed by atoms with E-state index in [2.05, 4.69) is 45.3 Å². The Balaban J connectivity index is 2.08. The summed E-state index contributed by atoms with van der Waals surface area (Å²) >= 11 is 0. The van der Waals surface area contributed by atoms with E-state index in [4.69, 9.17) is 0 Å². The van der Waals surface area contributed by atoms with Crippen molar-refractivity contribution in [2.45, 2.75) is 72.1 Å². The molecule has 0 bridgehead atoms. The quantitative estimate of drug-likeness (QED) is 0.767. The van der Waals surface area contributed by atoms with Gasteiger partial charge >= 0.3 is 0 Å². The fourth-order valence-corrected chi connectivity index (χ4v) is 4.31. The van der Waals surface area contributed by atoms with Gasteiger partial charge in [-0.05, 0) is 88.6 Å². The van der Waals surface area contributed by atoms with E-state index in [1.54, 1.807) is 5.56 Å². The Labute approximate surface area is 131 Å². The van der Waals surface area contributed by atoms with Gasteiger partial charge in [0.15, 0.2) is 0 Å². The molecule has 1 aromatic carbocycles. The van der Waals surface area contributed by atoms with Crippen LogP contribution in [0.5, 0.6) is 0 Å². The van der Waals surface area contributed by atoms with Gasteiger partial charge in [0.05, 0.1) is 0 Å². The molecule has 1 nitrogen and oxygen atoms in total. The molecule has 0 heterocycles. The van der Waals surface area contributed by atoms with E-state index in [0.29, 0.717) is 5.41 Å². The van der Waals surface area contributed by atoms with Crippen molar-refractivity contribution in [1.29, 1.82) is 0 Å². The van der Waals surface area contributed by atoms with Gasteiger partial charge in [-0.3, -0.25) is 0 Å². The number of aryl methyl sites for hydroxylation is 3. The van der Waals surface area contributed by atoms with E-state index < -0.39 is 0 Å². The molecule has 1 N–H and O–H groups in total. The maximum absolute atomic E-state index is 3.37. The second-order valence-corrected chi connectivity index (χ2v) is 7.29. The minimum Gasteiger partial charge on any atom is -0.320 e. The Bertz CT molecular complexity index is 432. The van der Waals surface area contributed by atoms with Gasteiger partial charge in [0.1, 0.15) is 0 Å². The van der Waals surface area contributed by atoms with Crippen LogP contribution in [0, 0.1) is 26.2 Å². The van der Waals surface area contributed by atoms with Crippen molar-refractivity contribution in [1.82, 2.24) is 5.32 Å². The summed E-state index contributed by atoms with van der Waals surface area (Å²) in [5.74, 6) is 0. The first-order chi connectivity index (χ1) is 10.1. The van der Waals surface area contributed by atoms with Gasteiger partial charge in [-0.15, -0.1) is 0 Å². The fourth-order valence-electron chi connectivity index (χ4n) is 4.31. The Kier molecular flexibility index (Phi) is 5.87. The van der Waals surface area contributed by atoms with Gasteiger partial charge in [-0.25, -0.2) is 0 Å². The zero-order valence-electron chi connectivity index (χ0n) is 14.5. The topological polar surface area (TPSA) is 12.0 Å². The summed E-state index contributed by atoms with van der Waals surface area (Å²) in [5, 5.41) is 3.37. The first-order valence-corrected chi connectivity index (χ1v) is 8.78. The maximum Gasteiger partial charge on any atom is -0.00466 e. The van der Waals surface area contributed by atoms with Gasteiger partial charge in [-0.1, -0.05) is 37.0 Å². The zero-order chi connectivity index (χ0) is 15.3.